The molecule has 1 aromatic heterocycles. The summed E-state index contributed by atoms with van der Waals surface area (Å²) < 4.78 is 6.35. The van der Waals surface area contributed by atoms with E-state index in [4.69, 9.17) is 9.84 Å². The van der Waals surface area contributed by atoms with E-state index in [2.05, 4.69) is 5.10 Å². The van der Waals surface area contributed by atoms with E-state index in [0.29, 0.717) is 26.0 Å². The highest BCUT2D eigenvalue weighted by Gasteiger charge is 2.06. The Balaban J connectivity index is 0.000000269. The van der Waals surface area contributed by atoms with Crippen molar-refractivity contribution in [3.63, 3.8) is 0 Å². The number of nitrogens with zero attached hydrogens (tertiary/aromatic N) is 2. The summed E-state index contributed by atoms with van der Waals surface area (Å²) in [6.07, 6.45) is 2.85. The number of aryl methyl sites for hydroxylation is 2. The summed E-state index contributed by atoms with van der Waals surface area (Å²) in [6, 6.07) is 18.8. The maximum Gasteiger partial charge on any atom is 0.310 e. The van der Waals surface area contributed by atoms with Gasteiger partial charge in [0.2, 0.25) is 0 Å². The fourth-order valence-electron chi connectivity index (χ4n) is 3.63. The fraction of sp³-hybridized carbons (Fsp3) is 0.379. The molecule has 0 saturated carbocycles. The highest BCUT2D eigenvalue weighted by Crippen LogP contribution is 2.09. The number of aliphatic hydroxyl groups excluding tert-OH is 1. The van der Waals surface area contributed by atoms with Crippen LogP contribution < -0.4 is 5.56 Å². The Labute approximate surface area is 212 Å². The number of carbonyl (C=O) groups excluding carboxylic acids is 2. The number of ether oxygens (including phenoxy) is 1. The van der Waals surface area contributed by atoms with Gasteiger partial charge >= 0.3 is 5.97 Å². The number of rotatable bonds is 11. The van der Waals surface area contributed by atoms with Crippen molar-refractivity contribution < 1.29 is 19.4 Å². The molecule has 0 amide bonds. The minimum absolute atomic E-state index is 0.142. The average Bonchev–Trinajstić information content (AvgIpc) is 2.82. The van der Waals surface area contributed by atoms with Gasteiger partial charge in [0.25, 0.3) is 5.56 Å². The van der Waals surface area contributed by atoms with Crippen molar-refractivity contribution in [1.82, 2.24) is 9.78 Å². The summed E-state index contributed by atoms with van der Waals surface area (Å²) in [4.78, 5) is 34.8. The molecule has 0 atom stereocenters. The smallest absolute Gasteiger partial charge is 0.310 e. The molecule has 0 bridgehead atoms. The number of ketones is 1. The van der Waals surface area contributed by atoms with Crippen molar-refractivity contribution in [1.29, 1.82) is 0 Å². The van der Waals surface area contributed by atoms with E-state index in [1.807, 2.05) is 62.4 Å². The zero-order valence-corrected chi connectivity index (χ0v) is 21.4. The number of unbranched alkanes of at least 4 members (excludes halogenated alkanes) is 1. The lowest BCUT2D eigenvalue weighted by Crippen LogP contribution is -2.23. The second-order valence-electron chi connectivity index (χ2n) is 8.66. The molecule has 36 heavy (non-hydrogen) atoms. The maximum absolute atomic E-state index is 11.7. The molecule has 3 rings (SSSR count). The normalized spacial score (nSPS) is 10.3. The van der Waals surface area contributed by atoms with Crippen molar-refractivity contribution in [2.24, 2.45) is 0 Å². The van der Waals surface area contributed by atoms with Gasteiger partial charge in [0.15, 0.2) is 0 Å². The molecule has 2 aromatic carbocycles. The van der Waals surface area contributed by atoms with Gasteiger partial charge in [-0.1, -0.05) is 54.1 Å². The standard InChI is InChI=1S/C16H18N2O3.C13H18O2/c1-3-21-16(20)10-13-5-4-6-14(9-13)11-18-15(19)8-7-12(2)17-18;1-11-5-4-6-12(9-11)10-13(15)7-2-3-8-14/h4-9H,3,10-11H2,1-2H3;4-6,9,14H,2-3,7-8,10H2,1H3. The lowest BCUT2D eigenvalue weighted by atomic mass is 10.0. The van der Waals surface area contributed by atoms with Crippen LogP contribution in [0.2, 0.25) is 0 Å². The van der Waals surface area contributed by atoms with Gasteiger partial charge in [0.05, 0.1) is 25.3 Å². The van der Waals surface area contributed by atoms with E-state index >= 15 is 0 Å². The Bertz CT molecular complexity index is 1190. The van der Waals surface area contributed by atoms with Crippen LogP contribution in [-0.4, -0.2) is 39.9 Å². The molecule has 0 fully saturated rings. The van der Waals surface area contributed by atoms with Gasteiger partial charge in [-0.15, -0.1) is 0 Å². The molecule has 0 aliphatic rings. The third-order valence-corrected chi connectivity index (χ3v) is 5.32. The first-order valence-corrected chi connectivity index (χ1v) is 12.3. The van der Waals surface area contributed by atoms with E-state index in [1.54, 1.807) is 13.0 Å². The zero-order valence-electron chi connectivity index (χ0n) is 21.4. The molecule has 192 valence electrons. The van der Waals surface area contributed by atoms with Crippen LogP contribution in [0.15, 0.2) is 65.5 Å². The quantitative estimate of drug-likeness (QED) is 0.321. The van der Waals surface area contributed by atoms with Gasteiger partial charge in [0, 0.05) is 25.5 Å². The van der Waals surface area contributed by atoms with E-state index in [-0.39, 0.29) is 30.3 Å². The van der Waals surface area contributed by atoms with Crippen LogP contribution in [0, 0.1) is 13.8 Å². The number of hydrogen-bond donors (Lipinski definition) is 1. The molecule has 3 aromatic rings. The van der Waals surface area contributed by atoms with Gasteiger partial charge < -0.3 is 9.84 Å². The third-order valence-electron chi connectivity index (χ3n) is 5.32. The molecule has 0 radical (unpaired) electrons. The van der Waals surface area contributed by atoms with Crippen LogP contribution in [0.4, 0.5) is 0 Å². The second kappa shape index (κ2) is 15.4. The number of benzene rings is 2. The lowest BCUT2D eigenvalue weighted by molar-refractivity contribution is -0.142. The van der Waals surface area contributed by atoms with Gasteiger partial charge in [-0.05, 0) is 56.4 Å². The van der Waals surface area contributed by atoms with Crippen LogP contribution in [0.1, 0.15) is 54.1 Å². The predicted molar refractivity (Wildman–Crippen MR) is 140 cm³/mol. The second-order valence-corrected chi connectivity index (χ2v) is 8.66. The van der Waals surface area contributed by atoms with Crippen LogP contribution in [-0.2, 0) is 33.7 Å². The monoisotopic (exact) mass is 492 g/mol. The number of Topliss-reactive ketones (excluding diaryl/α,β-unsaturated/α-hetero) is 1. The van der Waals surface area contributed by atoms with Gasteiger partial charge in [0.1, 0.15) is 5.78 Å². The third kappa shape index (κ3) is 10.8. The lowest BCUT2D eigenvalue weighted by Gasteiger charge is -2.07. The first-order chi connectivity index (χ1) is 17.3. The van der Waals surface area contributed by atoms with E-state index in [1.165, 1.54) is 16.3 Å². The summed E-state index contributed by atoms with van der Waals surface area (Å²) in [5.41, 5.74) is 4.72. The van der Waals surface area contributed by atoms with Crippen LogP contribution >= 0.6 is 0 Å². The topological polar surface area (TPSA) is 98.5 Å². The minimum Gasteiger partial charge on any atom is -0.466 e. The summed E-state index contributed by atoms with van der Waals surface area (Å²) in [7, 11) is 0. The van der Waals surface area contributed by atoms with Gasteiger partial charge in [-0.25, -0.2) is 4.68 Å². The summed E-state index contributed by atoms with van der Waals surface area (Å²) >= 11 is 0. The van der Waals surface area contributed by atoms with Crippen LogP contribution in [0.3, 0.4) is 0 Å². The van der Waals surface area contributed by atoms with E-state index < -0.39 is 0 Å². The Morgan fingerprint density at radius 2 is 1.61 bits per heavy atom. The number of carbonyl (C=O) groups is 2. The Kier molecular flexibility index (Phi) is 12.3. The van der Waals surface area contributed by atoms with Crippen LogP contribution in [0.5, 0.6) is 0 Å². The maximum atomic E-state index is 11.7. The van der Waals surface area contributed by atoms with Gasteiger partial charge in [-0.2, -0.15) is 5.10 Å². The number of aromatic nitrogens is 2. The summed E-state index contributed by atoms with van der Waals surface area (Å²) in [5, 5.41) is 12.8. The molecule has 0 aliphatic carbocycles. The van der Waals surface area contributed by atoms with Crippen LogP contribution in [0.25, 0.3) is 0 Å². The Morgan fingerprint density at radius 1 is 0.917 bits per heavy atom. The number of esters is 1. The highest BCUT2D eigenvalue weighted by atomic mass is 16.5. The SMILES string of the molecule is CCOC(=O)Cc1cccc(Cn2nc(C)ccc2=O)c1.Cc1cccc(CC(=O)CCCCO)c1. The number of aliphatic hydroxyl groups is 1. The van der Waals surface area contributed by atoms with Crippen molar-refractivity contribution in [2.75, 3.05) is 13.2 Å². The molecule has 7 heteroatoms. The molecule has 0 spiro atoms. The van der Waals surface area contributed by atoms with Crippen molar-refractivity contribution in [2.45, 2.75) is 59.4 Å². The Morgan fingerprint density at radius 3 is 2.31 bits per heavy atom. The zero-order chi connectivity index (χ0) is 26.3. The summed E-state index contributed by atoms with van der Waals surface area (Å²) in [6.45, 7) is 6.59. The van der Waals surface area contributed by atoms with Crippen molar-refractivity contribution in [3.05, 3.63) is 99.0 Å². The molecular formula is C29H36N2O5. The molecule has 7 nitrogen and oxygen atoms in total. The molecular weight excluding hydrogens is 456 g/mol. The van der Waals surface area contributed by atoms with Crippen molar-refractivity contribution >= 4 is 11.8 Å². The highest BCUT2D eigenvalue weighted by molar-refractivity contribution is 5.80. The van der Waals surface area contributed by atoms with E-state index in [0.717, 1.165) is 35.2 Å². The first-order valence-electron chi connectivity index (χ1n) is 12.3. The largest absolute Gasteiger partial charge is 0.466 e. The molecule has 0 saturated heterocycles. The Hall–Kier alpha value is -3.58. The molecule has 0 unspecified atom stereocenters. The summed E-state index contributed by atoms with van der Waals surface area (Å²) in [5.74, 6) is 0.00884. The molecule has 0 aliphatic heterocycles. The molecule has 1 N–H and O–H groups in total. The number of hydrogen-bond acceptors (Lipinski definition) is 6. The average molecular weight is 493 g/mol. The fourth-order valence-corrected chi connectivity index (χ4v) is 3.63. The van der Waals surface area contributed by atoms with E-state index in [9.17, 15) is 14.4 Å². The minimum atomic E-state index is -0.250. The molecule has 1 heterocycles. The predicted octanol–water partition coefficient (Wildman–Crippen LogP) is 3.97. The van der Waals surface area contributed by atoms with Crippen molar-refractivity contribution in [3.8, 4) is 0 Å². The van der Waals surface area contributed by atoms with Gasteiger partial charge in [-0.3, -0.25) is 14.4 Å². The first kappa shape index (κ1) is 28.7.